The van der Waals surface area contributed by atoms with Crippen molar-refractivity contribution in [2.75, 3.05) is 0 Å². The van der Waals surface area contributed by atoms with Crippen LogP contribution in [-0.2, 0) is 16.0 Å². The van der Waals surface area contributed by atoms with Crippen LogP contribution in [-0.4, -0.2) is 29.0 Å². The number of para-hydroxylation sites is 1. The number of nitrogens with zero attached hydrogens (tertiary/aromatic N) is 1. The number of imide groups is 1. The van der Waals surface area contributed by atoms with E-state index in [0.717, 1.165) is 28.1 Å². The third kappa shape index (κ3) is 5.27. The number of primary amides is 1. The largest absolute Gasteiger partial charge is 0.449 e. The molecule has 7 nitrogen and oxygen atoms in total. The predicted molar refractivity (Wildman–Crippen MR) is 138 cm³/mol. The third-order valence-electron chi connectivity index (χ3n) is 6.40. The standard InChI is InChI=1S/C27H29N3O4S/c1-15(24(31)30-26(28)33)34-25(32)22-19-9-5-6-10-21(19)29-23-16(13-18-8-7-11-35-18)12-17(14-20(22)23)27(2,3)4/h5-11,13,15,17H,12,14H2,1-4H3,(H3,28,30,31,33)/b16-13+/t15-,17+/m1/s1. The van der Waals surface area contributed by atoms with Crippen LogP contribution in [0.15, 0.2) is 41.8 Å². The molecule has 3 N–H and O–H groups in total. The molecule has 1 aromatic carbocycles. The maximum Gasteiger partial charge on any atom is 0.339 e. The van der Waals surface area contributed by atoms with E-state index < -0.39 is 24.0 Å². The van der Waals surface area contributed by atoms with Crippen molar-refractivity contribution in [1.82, 2.24) is 10.3 Å². The Kier molecular flexibility index (Phi) is 6.76. The lowest BCUT2D eigenvalue weighted by Gasteiger charge is -2.36. The van der Waals surface area contributed by atoms with Crippen LogP contribution in [0.2, 0.25) is 0 Å². The molecule has 0 fully saturated rings. The van der Waals surface area contributed by atoms with Crippen LogP contribution in [0.4, 0.5) is 4.79 Å². The van der Waals surface area contributed by atoms with E-state index in [0.29, 0.717) is 22.9 Å². The van der Waals surface area contributed by atoms with Crippen LogP contribution in [0.25, 0.3) is 22.6 Å². The first-order valence-corrected chi connectivity index (χ1v) is 12.4. The maximum atomic E-state index is 13.5. The summed E-state index contributed by atoms with van der Waals surface area (Å²) in [5.41, 5.74) is 8.82. The lowest BCUT2D eigenvalue weighted by molar-refractivity contribution is -0.127. The predicted octanol–water partition coefficient (Wildman–Crippen LogP) is 5.19. The van der Waals surface area contributed by atoms with Crippen molar-refractivity contribution in [3.05, 3.63) is 63.5 Å². The van der Waals surface area contributed by atoms with Crippen LogP contribution in [0.5, 0.6) is 0 Å². The highest BCUT2D eigenvalue weighted by molar-refractivity contribution is 7.10. The zero-order valence-electron chi connectivity index (χ0n) is 20.3. The molecule has 1 aliphatic rings. The van der Waals surface area contributed by atoms with Gasteiger partial charge in [-0.2, -0.15) is 0 Å². The summed E-state index contributed by atoms with van der Waals surface area (Å²) in [5.74, 6) is -1.13. The second-order valence-corrected chi connectivity index (χ2v) is 10.9. The number of pyridine rings is 1. The van der Waals surface area contributed by atoms with E-state index in [1.165, 1.54) is 6.92 Å². The fourth-order valence-electron chi connectivity index (χ4n) is 4.41. The molecule has 2 heterocycles. The SMILES string of the molecule is C[C@@H](OC(=O)c1c2c(nc3ccccc13)/C(=C/c1cccs1)C[C@H](C(C)(C)C)C2)C(=O)NC(N)=O. The molecule has 0 aliphatic heterocycles. The van der Waals surface area contributed by atoms with Crippen LogP contribution in [0.3, 0.4) is 0 Å². The molecule has 1 aliphatic carbocycles. The Balaban J connectivity index is 1.87. The lowest BCUT2D eigenvalue weighted by Crippen LogP contribution is -2.42. The number of carbonyl (C=O) groups excluding carboxylic acids is 3. The molecular formula is C27H29N3O4S. The van der Waals surface area contributed by atoms with Gasteiger partial charge in [-0.15, -0.1) is 11.3 Å². The van der Waals surface area contributed by atoms with Gasteiger partial charge in [-0.25, -0.2) is 14.6 Å². The van der Waals surface area contributed by atoms with Gasteiger partial charge in [0.15, 0.2) is 6.10 Å². The van der Waals surface area contributed by atoms with Crippen LogP contribution >= 0.6 is 11.3 Å². The molecule has 0 radical (unpaired) electrons. The number of urea groups is 1. The van der Waals surface area contributed by atoms with Gasteiger partial charge in [-0.1, -0.05) is 45.0 Å². The minimum absolute atomic E-state index is 0.00624. The van der Waals surface area contributed by atoms with Crippen molar-refractivity contribution in [2.24, 2.45) is 17.1 Å². The number of hydrogen-bond donors (Lipinski definition) is 2. The number of hydrogen-bond acceptors (Lipinski definition) is 6. The molecule has 3 amide bonds. The van der Waals surface area contributed by atoms with Crippen LogP contribution in [0.1, 0.15) is 60.6 Å². The first-order valence-electron chi connectivity index (χ1n) is 11.5. The van der Waals surface area contributed by atoms with Crippen molar-refractivity contribution >= 4 is 51.8 Å². The number of aromatic nitrogens is 1. The number of ether oxygens (including phenoxy) is 1. The Hall–Kier alpha value is -3.52. The average Bonchev–Trinajstić information content (AvgIpc) is 3.29. The first-order chi connectivity index (χ1) is 16.5. The van der Waals surface area contributed by atoms with Gasteiger partial charge in [-0.05, 0) is 65.8 Å². The molecular weight excluding hydrogens is 462 g/mol. The number of benzene rings is 1. The molecule has 0 saturated carbocycles. The molecule has 0 unspecified atom stereocenters. The summed E-state index contributed by atoms with van der Waals surface area (Å²) in [6, 6.07) is 10.5. The van der Waals surface area contributed by atoms with Crippen molar-refractivity contribution in [3.8, 4) is 0 Å². The molecule has 35 heavy (non-hydrogen) atoms. The Morgan fingerprint density at radius 1 is 1.17 bits per heavy atom. The average molecular weight is 492 g/mol. The summed E-state index contributed by atoms with van der Waals surface area (Å²) in [4.78, 5) is 42.9. The van der Waals surface area contributed by atoms with Gasteiger partial charge in [0, 0.05) is 10.3 Å². The normalized spacial score (nSPS) is 17.6. The number of fused-ring (bicyclic) bond motifs is 2. The van der Waals surface area contributed by atoms with Crippen LogP contribution < -0.4 is 11.1 Å². The second-order valence-electron chi connectivity index (χ2n) is 9.89. The van der Waals surface area contributed by atoms with Gasteiger partial charge in [-0.3, -0.25) is 10.1 Å². The molecule has 2 atom stereocenters. The summed E-state index contributed by atoms with van der Waals surface area (Å²) in [5, 5.41) is 4.66. The Bertz CT molecular complexity index is 1320. The van der Waals surface area contributed by atoms with E-state index in [1.54, 1.807) is 11.3 Å². The van der Waals surface area contributed by atoms with Crippen molar-refractivity contribution in [1.29, 1.82) is 0 Å². The maximum absolute atomic E-state index is 13.5. The zero-order chi connectivity index (χ0) is 25.3. The minimum atomic E-state index is -1.19. The Morgan fingerprint density at radius 3 is 2.57 bits per heavy atom. The van der Waals surface area contributed by atoms with Gasteiger partial charge in [0.25, 0.3) is 5.91 Å². The molecule has 0 saturated heterocycles. The number of esters is 1. The quantitative estimate of drug-likeness (QED) is 0.488. The van der Waals surface area contributed by atoms with Crippen molar-refractivity contribution < 1.29 is 19.1 Å². The molecule has 0 bridgehead atoms. The number of rotatable bonds is 4. The molecule has 0 spiro atoms. The number of amides is 3. The number of nitrogens with one attached hydrogen (secondary N) is 1. The molecule has 8 heteroatoms. The smallest absolute Gasteiger partial charge is 0.339 e. The van der Waals surface area contributed by atoms with E-state index >= 15 is 0 Å². The van der Waals surface area contributed by atoms with Gasteiger partial charge >= 0.3 is 12.0 Å². The summed E-state index contributed by atoms with van der Waals surface area (Å²) >= 11 is 1.65. The van der Waals surface area contributed by atoms with Crippen molar-refractivity contribution in [2.45, 2.75) is 46.6 Å². The van der Waals surface area contributed by atoms with Crippen LogP contribution in [0, 0.1) is 11.3 Å². The van der Waals surface area contributed by atoms with E-state index in [2.05, 4.69) is 32.9 Å². The highest BCUT2D eigenvalue weighted by atomic mass is 32.1. The Morgan fingerprint density at radius 2 is 1.91 bits per heavy atom. The number of nitrogens with two attached hydrogens (primary N) is 1. The number of thiophene rings is 1. The van der Waals surface area contributed by atoms with Crippen molar-refractivity contribution in [3.63, 3.8) is 0 Å². The van der Waals surface area contributed by atoms with E-state index in [9.17, 15) is 14.4 Å². The summed E-state index contributed by atoms with van der Waals surface area (Å²) in [6.45, 7) is 8.02. The minimum Gasteiger partial charge on any atom is -0.449 e. The number of carbonyl (C=O) groups is 3. The monoisotopic (exact) mass is 491 g/mol. The van der Waals surface area contributed by atoms with E-state index in [4.69, 9.17) is 15.5 Å². The van der Waals surface area contributed by atoms with Gasteiger partial charge < -0.3 is 10.5 Å². The molecule has 2 aromatic heterocycles. The lowest BCUT2D eigenvalue weighted by atomic mass is 9.69. The highest BCUT2D eigenvalue weighted by Gasteiger charge is 2.36. The van der Waals surface area contributed by atoms with E-state index in [1.807, 2.05) is 41.0 Å². The van der Waals surface area contributed by atoms with Gasteiger partial charge in [0.1, 0.15) is 0 Å². The van der Waals surface area contributed by atoms with E-state index in [-0.39, 0.29) is 11.3 Å². The zero-order valence-corrected chi connectivity index (χ0v) is 21.1. The molecule has 182 valence electrons. The first kappa shape index (κ1) is 24.6. The summed E-state index contributed by atoms with van der Waals surface area (Å²) < 4.78 is 5.53. The Labute approximate surface area is 208 Å². The summed E-state index contributed by atoms with van der Waals surface area (Å²) in [6.07, 6.45) is 2.46. The fourth-order valence-corrected chi connectivity index (χ4v) is 5.09. The number of allylic oxidation sites excluding steroid dienone is 1. The summed E-state index contributed by atoms with van der Waals surface area (Å²) in [7, 11) is 0. The van der Waals surface area contributed by atoms with Gasteiger partial charge in [0.2, 0.25) is 0 Å². The fraction of sp³-hybridized carbons (Fsp3) is 0.333. The highest BCUT2D eigenvalue weighted by Crippen LogP contribution is 2.45. The molecule has 4 rings (SSSR count). The second kappa shape index (κ2) is 9.62. The third-order valence-corrected chi connectivity index (χ3v) is 7.22. The van der Waals surface area contributed by atoms with Gasteiger partial charge in [0.05, 0.1) is 16.8 Å². The topological polar surface area (TPSA) is 111 Å². The molecule has 3 aromatic rings.